The van der Waals surface area contributed by atoms with Crippen LogP contribution in [0.3, 0.4) is 0 Å². The Balaban J connectivity index is 0.000000306. The standard InChI is InChI=1S/C31H35Cl2N5O2.C10H16N2O.C6H10O.2CH4O/c1-34-22-7-3-5-20(26(22)32)21-6-4-8-23(27(21)33)36-29(40)28-35-24-17-38(15-9-25(24)37(28)2)16-14-30-10-12-31(18-30,19-39)13-11-30;1-4-6-9-8(5-2)11-10(7-13)12(9)3;1-2-6(5-7)3-4-6;2*1-2/h3-8,19,34H,9-18H2,1-2H3,(H,36,40);7H,4-6H2,1-3H3;5H,2-4H2,1H3;2*2H,1H3. The number of aliphatic hydroxyl groups excluding tert-OH is 2. The maximum absolute atomic E-state index is 13.4. The van der Waals surface area contributed by atoms with Crippen molar-refractivity contribution in [1.29, 1.82) is 0 Å². The number of fused-ring (bicyclic) bond motifs is 3. The lowest BCUT2D eigenvalue weighted by atomic mass is 9.80. The van der Waals surface area contributed by atoms with Gasteiger partial charge in [-0.25, -0.2) is 9.97 Å². The smallest absolute Gasteiger partial charge is 0.291 e. The maximum atomic E-state index is 13.4. The Hall–Kier alpha value is -4.40. The minimum absolute atomic E-state index is 0.0380. The number of carbonyl (C=O) groups excluding carboxylic acids is 4. The van der Waals surface area contributed by atoms with Crippen molar-refractivity contribution in [3.63, 3.8) is 0 Å². The van der Waals surface area contributed by atoms with Gasteiger partial charge in [-0.15, -0.1) is 0 Å². The molecule has 4 N–H and O–H groups in total. The van der Waals surface area contributed by atoms with Crippen LogP contribution in [0.2, 0.25) is 10.0 Å². The van der Waals surface area contributed by atoms with Gasteiger partial charge in [0.1, 0.15) is 12.6 Å². The van der Waals surface area contributed by atoms with Crippen LogP contribution in [0.15, 0.2) is 36.4 Å². The molecular formula is C49H69Cl2N7O6. The molecule has 3 fully saturated rings. The van der Waals surface area contributed by atoms with Crippen molar-refractivity contribution in [2.24, 2.45) is 30.3 Å². The molecule has 4 aromatic rings. The normalized spacial score (nSPS) is 19.8. The van der Waals surface area contributed by atoms with E-state index >= 15 is 0 Å². The Kier molecular flexibility index (Phi) is 19.3. The van der Waals surface area contributed by atoms with E-state index < -0.39 is 0 Å². The van der Waals surface area contributed by atoms with Crippen molar-refractivity contribution in [2.45, 2.75) is 111 Å². The highest BCUT2D eigenvalue weighted by molar-refractivity contribution is 6.39. The van der Waals surface area contributed by atoms with Gasteiger partial charge in [-0.3, -0.25) is 14.5 Å². The second kappa shape index (κ2) is 23.7. The van der Waals surface area contributed by atoms with E-state index in [-0.39, 0.29) is 16.7 Å². The Morgan fingerprint density at radius 3 is 1.97 bits per heavy atom. The highest BCUT2D eigenvalue weighted by Crippen LogP contribution is 2.62. The third-order valence-electron chi connectivity index (χ3n) is 13.7. The van der Waals surface area contributed by atoms with Gasteiger partial charge in [0, 0.05) is 88.2 Å². The first-order chi connectivity index (χ1) is 30.8. The van der Waals surface area contributed by atoms with Gasteiger partial charge in [0.2, 0.25) is 0 Å². The molecule has 0 atom stereocenters. The summed E-state index contributed by atoms with van der Waals surface area (Å²) in [4.78, 5) is 57.3. The van der Waals surface area contributed by atoms with Gasteiger partial charge in [0.25, 0.3) is 5.91 Å². The van der Waals surface area contributed by atoms with Crippen molar-refractivity contribution >= 4 is 59.3 Å². The number of imidazole rings is 2. The van der Waals surface area contributed by atoms with Gasteiger partial charge in [-0.2, -0.15) is 0 Å². The summed E-state index contributed by atoms with van der Waals surface area (Å²) in [7, 11) is 7.63. The molecule has 0 saturated heterocycles. The van der Waals surface area contributed by atoms with Crippen LogP contribution in [0.25, 0.3) is 11.1 Å². The third-order valence-corrected chi connectivity index (χ3v) is 14.5. The molecule has 13 nitrogen and oxygen atoms in total. The molecule has 2 bridgehead atoms. The number of anilines is 2. The Bertz CT molecular complexity index is 2210. The van der Waals surface area contributed by atoms with Crippen LogP contribution in [0, 0.1) is 16.2 Å². The van der Waals surface area contributed by atoms with Gasteiger partial charge >= 0.3 is 0 Å². The highest BCUT2D eigenvalue weighted by atomic mass is 35.5. The largest absolute Gasteiger partial charge is 0.400 e. The van der Waals surface area contributed by atoms with Crippen LogP contribution in [-0.2, 0) is 49.5 Å². The van der Waals surface area contributed by atoms with Crippen LogP contribution in [-0.4, -0.2) is 93.3 Å². The lowest BCUT2D eigenvalue weighted by molar-refractivity contribution is -0.115. The molecule has 3 heterocycles. The molecule has 2 aromatic carbocycles. The van der Waals surface area contributed by atoms with E-state index in [1.807, 2.05) is 60.6 Å². The van der Waals surface area contributed by atoms with Gasteiger partial charge in [0.15, 0.2) is 17.9 Å². The number of aldehydes is 3. The number of nitrogens with zero attached hydrogens (tertiary/aromatic N) is 5. The molecule has 350 valence electrons. The van der Waals surface area contributed by atoms with Crippen LogP contribution >= 0.6 is 23.2 Å². The number of benzene rings is 2. The number of amides is 1. The SMILES string of the molecule is CCC1(C=O)CC1.CCCc1c(CC)nc(C=O)n1C.CNc1cccc(-c2cccc(NC(=O)c3nc4c(n3C)CCN(CCC35CCC(C=O)(CC3)C5)C4)c2Cl)c1Cl.CO.CO. The zero-order valence-corrected chi connectivity index (χ0v) is 40.5. The van der Waals surface area contributed by atoms with Gasteiger partial charge < -0.3 is 39.6 Å². The summed E-state index contributed by atoms with van der Waals surface area (Å²) >= 11 is 13.4. The van der Waals surface area contributed by atoms with Crippen molar-refractivity contribution in [2.75, 3.05) is 45.0 Å². The fourth-order valence-corrected chi connectivity index (χ4v) is 10.1. The molecule has 4 aliphatic rings. The fraction of sp³-hybridized carbons (Fsp3) is 0.551. The molecule has 8 rings (SSSR count). The first-order valence-corrected chi connectivity index (χ1v) is 23.2. The van der Waals surface area contributed by atoms with Crippen LogP contribution in [0.1, 0.15) is 129 Å². The minimum atomic E-state index is -0.293. The monoisotopic (exact) mass is 921 g/mol. The van der Waals surface area contributed by atoms with Crippen molar-refractivity contribution in [1.82, 2.24) is 24.0 Å². The Morgan fingerprint density at radius 2 is 1.47 bits per heavy atom. The summed E-state index contributed by atoms with van der Waals surface area (Å²) in [5.41, 5.74) is 7.63. The summed E-state index contributed by atoms with van der Waals surface area (Å²) in [6.45, 7) is 8.96. The quantitative estimate of drug-likeness (QED) is 0.0896. The molecular weight excluding hydrogens is 853 g/mol. The zero-order chi connectivity index (χ0) is 47.2. The predicted molar refractivity (Wildman–Crippen MR) is 256 cm³/mol. The van der Waals surface area contributed by atoms with E-state index in [1.165, 1.54) is 24.8 Å². The topological polar surface area (TPSA) is 172 Å². The first kappa shape index (κ1) is 52.2. The summed E-state index contributed by atoms with van der Waals surface area (Å²) in [5.74, 6) is 0.628. The number of hydrogen-bond acceptors (Lipinski definition) is 10. The van der Waals surface area contributed by atoms with Crippen molar-refractivity contribution in [3.05, 3.63) is 80.9 Å². The lowest BCUT2D eigenvalue weighted by Crippen LogP contribution is -2.34. The second-order valence-electron chi connectivity index (χ2n) is 17.3. The fourth-order valence-electron chi connectivity index (χ4n) is 9.46. The number of carbonyl (C=O) groups is 4. The average Bonchev–Trinajstić information content (AvgIpc) is 3.56. The number of aryl methyl sites for hydroxylation is 1. The number of aromatic nitrogens is 4. The Labute approximate surface area is 389 Å². The zero-order valence-electron chi connectivity index (χ0n) is 39.0. The highest BCUT2D eigenvalue weighted by Gasteiger charge is 2.53. The van der Waals surface area contributed by atoms with E-state index in [2.05, 4.69) is 41.3 Å². The molecule has 3 aliphatic carbocycles. The summed E-state index contributed by atoms with van der Waals surface area (Å²) in [6.07, 6.45) is 17.0. The summed E-state index contributed by atoms with van der Waals surface area (Å²) in [5, 5.41) is 21.1. The van der Waals surface area contributed by atoms with Crippen LogP contribution in [0.5, 0.6) is 0 Å². The molecule has 3 saturated carbocycles. The van der Waals surface area contributed by atoms with Crippen LogP contribution < -0.4 is 10.6 Å². The van der Waals surface area contributed by atoms with Gasteiger partial charge in [-0.1, -0.05) is 74.7 Å². The summed E-state index contributed by atoms with van der Waals surface area (Å²) < 4.78 is 3.81. The van der Waals surface area contributed by atoms with Crippen LogP contribution in [0.4, 0.5) is 11.4 Å². The second-order valence-corrected chi connectivity index (χ2v) is 18.1. The molecule has 64 heavy (non-hydrogen) atoms. The number of rotatable bonds is 14. The number of aliphatic hydroxyl groups is 2. The maximum Gasteiger partial charge on any atom is 0.291 e. The number of halogens is 2. The Morgan fingerprint density at radius 1 is 0.844 bits per heavy atom. The third kappa shape index (κ3) is 11.7. The molecule has 0 radical (unpaired) electrons. The molecule has 0 spiro atoms. The number of nitrogens with one attached hydrogen (secondary N) is 2. The summed E-state index contributed by atoms with van der Waals surface area (Å²) in [6, 6.07) is 11.3. The van der Waals surface area contributed by atoms with Crippen molar-refractivity contribution < 1.29 is 29.4 Å². The molecule has 15 heteroatoms. The van der Waals surface area contributed by atoms with E-state index in [4.69, 9.17) is 38.4 Å². The van der Waals surface area contributed by atoms with E-state index in [1.54, 1.807) is 6.07 Å². The van der Waals surface area contributed by atoms with Crippen molar-refractivity contribution in [3.8, 4) is 11.1 Å². The molecule has 2 aromatic heterocycles. The molecule has 1 aliphatic heterocycles. The lowest BCUT2D eigenvalue weighted by Gasteiger charge is -2.32. The molecule has 0 unspecified atom stereocenters. The van der Waals surface area contributed by atoms with E-state index in [0.717, 1.165) is 151 Å². The van der Waals surface area contributed by atoms with Gasteiger partial charge in [0.05, 0.1) is 32.8 Å². The number of hydrogen-bond donors (Lipinski definition) is 4. The predicted octanol–water partition coefficient (Wildman–Crippen LogP) is 8.93. The average molecular weight is 923 g/mol. The van der Waals surface area contributed by atoms with E-state index in [9.17, 15) is 19.2 Å². The minimum Gasteiger partial charge on any atom is -0.400 e. The van der Waals surface area contributed by atoms with Gasteiger partial charge in [-0.05, 0) is 94.7 Å². The first-order valence-electron chi connectivity index (χ1n) is 22.5. The van der Waals surface area contributed by atoms with E-state index in [0.29, 0.717) is 32.8 Å². The molecule has 1 amide bonds.